The highest BCUT2D eigenvalue weighted by atomic mass is 32.1. The van der Waals surface area contributed by atoms with Crippen molar-refractivity contribution in [1.29, 1.82) is 0 Å². The van der Waals surface area contributed by atoms with E-state index in [1.165, 1.54) is 11.3 Å². The van der Waals surface area contributed by atoms with Crippen LogP contribution in [0.3, 0.4) is 0 Å². The number of ether oxygens (including phenoxy) is 1. The summed E-state index contributed by atoms with van der Waals surface area (Å²) >= 11 is 1.51. The molecule has 0 unspecified atom stereocenters. The highest BCUT2D eigenvalue weighted by Gasteiger charge is 2.13. The molecule has 0 bridgehead atoms. The molecule has 7 nitrogen and oxygen atoms in total. The molecule has 1 amide bonds. The molecule has 1 N–H and O–H groups in total. The smallest absolute Gasteiger partial charge is 0.306 e. The normalized spacial score (nSPS) is 10.5. The van der Waals surface area contributed by atoms with Gasteiger partial charge in [0.05, 0.1) is 11.3 Å². The molecule has 0 aliphatic carbocycles. The van der Waals surface area contributed by atoms with E-state index in [0.29, 0.717) is 18.3 Å². The molecule has 2 heterocycles. The molecule has 0 saturated carbocycles. The van der Waals surface area contributed by atoms with Crippen LogP contribution in [0.4, 0.5) is 0 Å². The zero-order valence-corrected chi connectivity index (χ0v) is 14.7. The van der Waals surface area contributed by atoms with Crippen molar-refractivity contribution < 1.29 is 18.8 Å². The quantitative estimate of drug-likeness (QED) is 0.612. The van der Waals surface area contributed by atoms with Crippen LogP contribution in [0.15, 0.2) is 52.4 Å². The first-order valence-electron chi connectivity index (χ1n) is 8.03. The number of thiophene rings is 1. The summed E-state index contributed by atoms with van der Waals surface area (Å²) in [7, 11) is 0. The number of hydrogen-bond donors (Lipinski definition) is 1. The van der Waals surface area contributed by atoms with Crippen LogP contribution in [-0.4, -0.2) is 28.6 Å². The van der Waals surface area contributed by atoms with Gasteiger partial charge in [-0.05, 0) is 17.0 Å². The van der Waals surface area contributed by atoms with Crippen LogP contribution in [0.25, 0.3) is 10.7 Å². The Hall–Kier alpha value is -3.00. The third-order valence-corrected chi connectivity index (χ3v) is 4.32. The van der Waals surface area contributed by atoms with E-state index in [-0.39, 0.29) is 25.4 Å². The predicted octanol–water partition coefficient (Wildman–Crippen LogP) is 2.59. The van der Waals surface area contributed by atoms with E-state index in [0.717, 1.165) is 10.4 Å². The number of aromatic nitrogens is 2. The van der Waals surface area contributed by atoms with Crippen molar-refractivity contribution in [2.75, 3.05) is 6.61 Å². The number of benzene rings is 1. The number of amides is 1. The van der Waals surface area contributed by atoms with Crippen molar-refractivity contribution in [3.63, 3.8) is 0 Å². The first-order chi connectivity index (χ1) is 12.7. The average molecular weight is 371 g/mol. The Bertz CT molecular complexity index is 846. The summed E-state index contributed by atoms with van der Waals surface area (Å²) in [6, 6.07) is 13.3. The highest BCUT2D eigenvalue weighted by molar-refractivity contribution is 7.13. The molecule has 0 atom stereocenters. The molecule has 0 saturated heterocycles. The molecule has 0 radical (unpaired) electrons. The summed E-state index contributed by atoms with van der Waals surface area (Å²) in [5, 5.41) is 8.49. The zero-order chi connectivity index (χ0) is 18.2. The molecular weight excluding hydrogens is 354 g/mol. The fourth-order valence-corrected chi connectivity index (χ4v) is 2.79. The summed E-state index contributed by atoms with van der Waals surface area (Å²) in [4.78, 5) is 28.6. The van der Waals surface area contributed by atoms with Crippen LogP contribution >= 0.6 is 11.3 Å². The van der Waals surface area contributed by atoms with Gasteiger partial charge < -0.3 is 14.6 Å². The Morgan fingerprint density at radius 3 is 2.77 bits per heavy atom. The van der Waals surface area contributed by atoms with Gasteiger partial charge in [-0.3, -0.25) is 9.59 Å². The maximum absolute atomic E-state index is 11.7. The molecule has 1 aromatic carbocycles. The van der Waals surface area contributed by atoms with Gasteiger partial charge in [0.1, 0.15) is 0 Å². The molecule has 2 aromatic heterocycles. The first-order valence-corrected chi connectivity index (χ1v) is 8.91. The fourth-order valence-electron chi connectivity index (χ4n) is 2.14. The van der Waals surface area contributed by atoms with E-state index < -0.39 is 5.97 Å². The minimum absolute atomic E-state index is 0.0675. The fraction of sp³-hybridized carbons (Fsp3) is 0.222. The lowest BCUT2D eigenvalue weighted by Gasteiger charge is -2.06. The van der Waals surface area contributed by atoms with Gasteiger partial charge in [0.2, 0.25) is 11.7 Å². The molecule has 0 spiro atoms. The van der Waals surface area contributed by atoms with E-state index in [4.69, 9.17) is 9.26 Å². The second kappa shape index (κ2) is 8.91. The third kappa shape index (κ3) is 5.25. The van der Waals surface area contributed by atoms with E-state index in [9.17, 15) is 9.59 Å². The number of esters is 1. The van der Waals surface area contributed by atoms with Gasteiger partial charge in [-0.25, -0.2) is 0 Å². The number of hydrogen-bond acceptors (Lipinski definition) is 7. The van der Waals surface area contributed by atoms with Gasteiger partial charge in [0.25, 0.3) is 5.91 Å². The number of nitrogens with zero attached hydrogens (tertiary/aromatic N) is 2. The maximum atomic E-state index is 11.7. The van der Waals surface area contributed by atoms with Crippen molar-refractivity contribution in [3.8, 4) is 10.7 Å². The molecule has 8 heteroatoms. The molecule has 0 aliphatic rings. The maximum Gasteiger partial charge on any atom is 0.306 e. The van der Waals surface area contributed by atoms with Crippen molar-refractivity contribution in [1.82, 2.24) is 15.5 Å². The van der Waals surface area contributed by atoms with Crippen molar-refractivity contribution >= 4 is 23.2 Å². The second-order valence-corrected chi connectivity index (χ2v) is 6.36. The molecule has 3 aromatic rings. The first kappa shape index (κ1) is 17.8. The van der Waals surface area contributed by atoms with E-state index >= 15 is 0 Å². The summed E-state index contributed by atoms with van der Waals surface area (Å²) in [5.74, 6) is 0.0262. The van der Waals surface area contributed by atoms with E-state index in [1.807, 2.05) is 47.8 Å². The third-order valence-electron chi connectivity index (χ3n) is 3.45. The summed E-state index contributed by atoms with van der Waals surface area (Å²) in [5.41, 5.74) is 0.977. The van der Waals surface area contributed by atoms with Crippen molar-refractivity contribution in [3.05, 3.63) is 59.3 Å². The molecule has 0 fully saturated rings. The Kier molecular flexibility index (Phi) is 6.10. The number of carbonyl (C=O) groups excluding carboxylic acids is 2. The predicted molar refractivity (Wildman–Crippen MR) is 95.2 cm³/mol. The SMILES string of the molecule is O=C(COC(=O)CCc1nc(-c2cccs2)no1)NCc1ccccc1. The van der Waals surface area contributed by atoms with Crippen LogP contribution < -0.4 is 5.32 Å². The average Bonchev–Trinajstić information content (AvgIpc) is 3.35. The second-order valence-electron chi connectivity index (χ2n) is 5.41. The van der Waals surface area contributed by atoms with E-state index in [1.54, 1.807) is 0 Å². The van der Waals surface area contributed by atoms with Gasteiger partial charge in [-0.15, -0.1) is 11.3 Å². The van der Waals surface area contributed by atoms with Gasteiger partial charge in [-0.2, -0.15) is 4.98 Å². The van der Waals surface area contributed by atoms with Crippen LogP contribution in [0.5, 0.6) is 0 Å². The lowest BCUT2D eigenvalue weighted by molar-refractivity contribution is -0.148. The Labute approximate surface area is 154 Å². The molecular formula is C18H17N3O4S. The van der Waals surface area contributed by atoms with Crippen LogP contribution in [0.1, 0.15) is 17.9 Å². The minimum Gasteiger partial charge on any atom is -0.456 e. The molecule has 0 aliphatic heterocycles. The molecule has 134 valence electrons. The van der Waals surface area contributed by atoms with Gasteiger partial charge in [0.15, 0.2) is 6.61 Å². The molecule has 26 heavy (non-hydrogen) atoms. The Morgan fingerprint density at radius 2 is 2.00 bits per heavy atom. The largest absolute Gasteiger partial charge is 0.456 e. The lowest BCUT2D eigenvalue weighted by atomic mass is 10.2. The number of aryl methyl sites for hydroxylation is 1. The summed E-state index contributed by atoms with van der Waals surface area (Å²) in [6.45, 7) is 0.0840. The number of carbonyl (C=O) groups is 2. The van der Waals surface area contributed by atoms with Crippen LogP contribution in [0, 0.1) is 0 Å². The summed E-state index contributed by atoms with van der Waals surface area (Å²) in [6.07, 6.45) is 0.334. The van der Waals surface area contributed by atoms with Crippen LogP contribution in [-0.2, 0) is 27.3 Å². The molecule has 3 rings (SSSR count). The number of nitrogens with one attached hydrogen (secondary N) is 1. The minimum atomic E-state index is -0.490. The van der Waals surface area contributed by atoms with Crippen molar-refractivity contribution in [2.24, 2.45) is 0 Å². The zero-order valence-electron chi connectivity index (χ0n) is 13.9. The van der Waals surface area contributed by atoms with Gasteiger partial charge in [-0.1, -0.05) is 41.6 Å². The monoisotopic (exact) mass is 371 g/mol. The van der Waals surface area contributed by atoms with Crippen molar-refractivity contribution in [2.45, 2.75) is 19.4 Å². The Morgan fingerprint density at radius 1 is 1.15 bits per heavy atom. The Balaban J connectivity index is 1.36. The standard InChI is InChI=1S/C18H17N3O4S/c22-15(19-11-13-5-2-1-3-6-13)12-24-17(23)9-8-16-20-18(21-25-16)14-7-4-10-26-14/h1-7,10H,8-9,11-12H2,(H,19,22). The summed E-state index contributed by atoms with van der Waals surface area (Å²) < 4.78 is 10.1. The highest BCUT2D eigenvalue weighted by Crippen LogP contribution is 2.21. The lowest BCUT2D eigenvalue weighted by Crippen LogP contribution is -2.28. The topological polar surface area (TPSA) is 94.3 Å². The van der Waals surface area contributed by atoms with Crippen LogP contribution in [0.2, 0.25) is 0 Å². The van der Waals surface area contributed by atoms with Gasteiger partial charge in [0, 0.05) is 13.0 Å². The number of rotatable bonds is 8. The van der Waals surface area contributed by atoms with Gasteiger partial charge >= 0.3 is 5.97 Å². The van der Waals surface area contributed by atoms with E-state index in [2.05, 4.69) is 15.5 Å².